The highest BCUT2D eigenvalue weighted by atomic mass is 79.9. The molecule has 5 heteroatoms. The van der Waals surface area contributed by atoms with Crippen molar-refractivity contribution < 1.29 is 19.5 Å². The van der Waals surface area contributed by atoms with E-state index in [0.29, 0.717) is 29.1 Å². The zero-order valence-corrected chi connectivity index (χ0v) is 21.7. The smallest absolute Gasteiger partial charge is 0.335 e. The number of ketones is 2. The van der Waals surface area contributed by atoms with Gasteiger partial charge in [0, 0.05) is 16.3 Å². The number of carbonyl (C=O) groups excluding carboxylic acids is 2. The Morgan fingerprint density at radius 2 is 1.29 bits per heavy atom. The molecule has 0 bridgehead atoms. The van der Waals surface area contributed by atoms with Crippen LogP contribution in [0, 0.1) is 23.7 Å². The quantitative estimate of drug-likeness (QED) is 0.424. The molecular weight excluding hydrogens is 492 g/mol. The van der Waals surface area contributed by atoms with Gasteiger partial charge >= 0.3 is 5.97 Å². The highest BCUT2D eigenvalue weighted by Gasteiger charge is 2.28. The number of halogens is 1. The first-order valence-electron chi connectivity index (χ1n) is 12.3. The first kappa shape index (κ1) is 26.3. The summed E-state index contributed by atoms with van der Waals surface area (Å²) in [6.45, 7) is 3.39. The summed E-state index contributed by atoms with van der Waals surface area (Å²) < 4.78 is 1.14. The minimum Gasteiger partial charge on any atom is -0.478 e. The number of carboxylic acid groups (broad SMARTS) is 1. The van der Waals surface area contributed by atoms with E-state index in [-0.39, 0.29) is 11.7 Å². The molecule has 2 saturated carbocycles. The van der Waals surface area contributed by atoms with Crippen LogP contribution in [0.4, 0.5) is 0 Å². The van der Waals surface area contributed by atoms with Crippen LogP contribution in [-0.2, 0) is 22.4 Å². The number of benzene rings is 2. The van der Waals surface area contributed by atoms with Crippen molar-refractivity contribution in [3.8, 4) is 0 Å². The van der Waals surface area contributed by atoms with E-state index in [9.17, 15) is 14.4 Å². The Bertz CT molecular complexity index is 1010. The molecule has 0 heterocycles. The fourth-order valence-corrected chi connectivity index (χ4v) is 5.87. The number of carbonyl (C=O) groups is 3. The third kappa shape index (κ3) is 7.90. The Morgan fingerprint density at radius 1 is 0.794 bits per heavy atom. The number of hydrogen-bond acceptors (Lipinski definition) is 3. The van der Waals surface area contributed by atoms with E-state index in [1.165, 1.54) is 12.0 Å². The van der Waals surface area contributed by atoms with Gasteiger partial charge in [-0.05, 0) is 112 Å². The molecule has 4 nitrogen and oxygen atoms in total. The largest absolute Gasteiger partial charge is 0.478 e. The second-order valence-electron chi connectivity index (χ2n) is 10.0. The van der Waals surface area contributed by atoms with E-state index < -0.39 is 5.97 Å². The van der Waals surface area contributed by atoms with Gasteiger partial charge in [0.1, 0.15) is 11.6 Å². The summed E-state index contributed by atoms with van der Waals surface area (Å²) in [6, 6.07) is 15.6. The molecule has 1 N–H and O–H groups in total. The minimum atomic E-state index is -0.884. The van der Waals surface area contributed by atoms with Gasteiger partial charge in [0.25, 0.3) is 0 Å². The van der Waals surface area contributed by atoms with E-state index in [0.717, 1.165) is 55.0 Å². The molecule has 0 unspecified atom stereocenters. The van der Waals surface area contributed by atoms with E-state index in [2.05, 4.69) is 40.2 Å². The molecule has 0 amide bonds. The number of hydrogen-bond donors (Lipinski definition) is 1. The summed E-state index contributed by atoms with van der Waals surface area (Å²) in [5.74, 6) is 1.54. The second-order valence-corrected chi connectivity index (χ2v) is 10.9. The molecule has 4 rings (SSSR count). The van der Waals surface area contributed by atoms with Crippen molar-refractivity contribution >= 4 is 33.5 Å². The molecule has 0 radical (unpaired) electrons. The summed E-state index contributed by atoms with van der Waals surface area (Å²) in [7, 11) is 0. The van der Waals surface area contributed by atoms with Crippen molar-refractivity contribution in [1.29, 1.82) is 0 Å². The molecule has 2 aliphatic carbocycles. The Balaban J connectivity index is 0.000000192. The van der Waals surface area contributed by atoms with Crippen LogP contribution < -0.4 is 0 Å². The van der Waals surface area contributed by atoms with Crippen molar-refractivity contribution in [1.82, 2.24) is 0 Å². The number of rotatable bonds is 7. The van der Waals surface area contributed by atoms with Gasteiger partial charge in [-0.1, -0.05) is 40.2 Å². The highest BCUT2D eigenvalue weighted by Crippen LogP contribution is 2.34. The fraction of sp³-hybridized carbons (Fsp3) is 0.483. The monoisotopic (exact) mass is 526 g/mol. The van der Waals surface area contributed by atoms with Crippen molar-refractivity contribution in [2.75, 3.05) is 0 Å². The lowest BCUT2D eigenvalue weighted by Gasteiger charge is -2.10. The average molecular weight is 527 g/mol. The molecule has 0 spiro atoms. The van der Waals surface area contributed by atoms with Gasteiger partial charge < -0.3 is 5.11 Å². The summed E-state index contributed by atoms with van der Waals surface area (Å²) in [5, 5.41) is 8.94. The van der Waals surface area contributed by atoms with Gasteiger partial charge in [-0.2, -0.15) is 0 Å². The zero-order valence-electron chi connectivity index (χ0n) is 20.1. The van der Waals surface area contributed by atoms with E-state index >= 15 is 0 Å². The normalized spacial score (nSPS) is 23.7. The topological polar surface area (TPSA) is 71.4 Å². The van der Waals surface area contributed by atoms with Gasteiger partial charge in [-0.25, -0.2) is 4.79 Å². The minimum absolute atomic E-state index is 0.220. The Morgan fingerprint density at radius 3 is 1.74 bits per heavy atom. The third-order valence-electron chi connectivity index (χ3n) is 7.34. The molecule has 0 saturated heterocycles. The summed E-state index contributed by atoms with van der Waals surface area (Å²) in [5.41, 5.74) is 2.78. The lowest BCUT2D eigenvalue weighted by Crippen LogP contribution is -2.07. The van der Waals surface area contributed by atoms with Crippen LogP contribution in [0.5, 0.6) is 0 Å². The molecule has 2 fully saturated rings. The predicted octanol–water partition coefficient (Wildman–Crippen LogP) is 6.93. The number of aromatic carboxylic acids is 1. The van der Waals surface area contributed by atoms with Crippen LogP contribution in [0.3, 0.4) is 0 Å². The Kier molecular flexibility index (Phi) is 9.63. The number of carboxylic acids is 1. The highest BCUT2D eigenvalue weighted by molar-refractivity contribution is 9.10. The second kappa shape index (κ2) is 12.4. The lowest BCUT2D eigenvalue weighted by atomic mass is 9.95. The maximum Gasteiger partial charge on any atom is 0.335 e. The molecule has 0 aliphatic heterocycles. The SMILES string of the molecule is CC(=O)[C@@H]1CC[C@@H](Cc2cccc(Br)c2)C1.CC(=O)[C@@H]1CC[C@@H](Cc2cccc(C(=O)O)c2)C1. The molecule has 2 aromatic carbocycles. The standard InChI is InChI=1S/C15H18O3.C14H17BrO/c1-10(16)13-6-5-12(8-13)7-11-3-2-4-14(9-11)15(17)18;1-10(16)13-6-5-12(8-13)7-11-3-2-4-14(15)9-11/h2-4,9,12-13H,5-8H2,1H3,(H,17,18);2-4,9,12-13H,5-8H2,1H3/t2*12-,13+/m00/s1. The van der Waals surface area contributed by atoms with Crippen LogP contribution in [0.25, 0.3) is 0 Å². The molecule has 0 aromatic heterocycles. The average Bonchev–Trinajstić information content (AvgIpc) is 3.44. The molecular formula is C29H35BrO4. The first-order chi connectivity index (χ1) is 16.2. The summed E-state index contributed by atoms with van der Waals surface area (Å²) >= 11 is 3.49. The van der Waals surface area contributed by atoms with E-state index in [1.807, 2.05) is 6.07 Å². The maximum absolute atomic E-state index is 11.3. The molecule has 2 aliphatic rings. The van der Waals surface area contributed by atoms with Crippen molar-refractivity contribution in [3.63, 3.8) is 0 Å². The molecule has 34 heavy (non-hydrogen) atoms. The molecule has 2 aromatic rings. The van der Waals surface area contributed by atoms with Crippen molar-refractivity contribution in [2.24, 2.45) is 23.7 Å². The summed E-state index contributed by atoms with van der Waals surface area (Å²) in [6.07, 6.45) is 8.38. The van der Waals surface area contributed by atoms with Crippen molar-refractivity contribution in [3.05, 3.63) is 69.7 Å². The fourth-order valence-electron chi connectivity index (χ4n) is 5.42. The number of Topliss-reactive ketones (excluding diaryl/α,β-unsaturated/α-hetero) is 2. The third-order valence-corrected chi connectivity index (χ3v) is 7.84. The maximum atomic E-state index is 11.3. The zero-order chi connectivity index (χ0) is 24.7. The molecule has 4 atom stereocenters. The molecule has 182 valence electrons. The van der Waals surface area contributed by atoms with Gasteiger partial charge in [0.15, 0.2) is 0 Å². The van der Waals surface area contributed by atoms with Crippen LogP contribution in [-0.4, -0.2) is 22.6 Å². The van der Waals surface area contributed by atoms with Crippen molar-refractivity contribution in [2.45, 2.75) is 65.2 Å². The Hall–Kier alpha value is -2.27. The van der Waals surface area contributed by atoms with E-state index in [4.69, 9.17) is 5.11 Å². The van der Waals surface area contributed by atoms with Gasteiger partial charge in [0.2, 0.25) is 0 Å². The van der Waals surface area contributed by atoms with E-state index in [1.54, 1.807) is 32.0 Å². The predicted molar refractivity (Wildman–Crippen MR) is 138 cm³/mol. The lowest BCUT2D eigenvalue weighted by molar-refractivity contribution is -0.121. The van der Waals surface area contributed by atoms with Crippen LogP contribution in [0.2, 0.25) is 0 Å². The van der Waals surface area contributed by atoms with Gasteiger partial charge in [0.05, 0.1) is 5.56 Å². The van der Waals surface area contributed by atoms with Gasteiger partial charge in [-0.15, -0.1) is 0 Å². The Labute approximate surface area is 211 Å². The summed E-state index contributed by atoms with van der Waals surface area (Å²) in [4.78, 5) is 33.5. The van der Waals surface area contributed by atoms with Crippen LogP contribution >= 0.6 is 15.9 Å². The van der Waals surface area contributed by atoms with Gasteiger partial charge in [-0.3, -0.25) is 9.59 Å². The van der Waals surface area contributed by atoms with Crippen LogP contribution in [0.15, 0.2) is 53.0 Å². The van der Waals surface area contributed by atoms with Crippen LogP contribution in [0.1, 0.15) is 73.9 Å². The first-order valence-corrected chi connectivity index (χ1v) is 13.1.